The Morgan fingerprint density at radius 3 is 2.55 bits per heavy atom. The third-order valence-corrected chi connectivity index (χ3v) is 8.64. The molecule has 1 aromatic heterocycles. The third kappa shape index (κ3) is 4.83. The molecular weight excluding hydrogens is 504 g/mol. The quantitative estimate of drug-likeness (QED) is 0.436. The summed E-state index contributed by atoms with van der Waals surface area (Å²) in [7, 11) is 4.22. The molecule has 2 saturated heterocycles. The summed E-state index contributed by atoms with van der Waals surface area (Å²) < 4.78 is 12.8. The molecule has 4 heterocycles. The molecule has 9 heteroatoms. The number of ether oxygens (including phenoxy) is 2. The van der Waals surface area contributed by atoms with Crippen LogP contribution in [0.1, 0.15) is 30.0 Å². The molecule has 9 nitrogen and oxygen atoms in total. The molecule has 3 aromatic rings. The predicted octanol–water partition coefficient (Wildman–Crippen LogP) is 3.82. The molecule has 0 spiro atoms. The molecule has 0 N–H and O–H groups in total. The van der Waals surface area contributed by atoms with Crippen molar-refractivity contribution in [2.75, 3.05) is 69.8 Å². The van der Waals surface area contributed by atoms with Gasteiger partial charge in [-0.1, -0.05) is 43.0 Å². The van der Waals surface area contributed by atoms with Gasteiger partial charge >= 0.3 is 6.01 Å². The standard InChI is InChI=1S/C31H38N6O3/c1-5-26(38)36-15-17-37(18-16-36)30-28-29(32-31(33-30)40-19-23-12-8-14-34(23)3)35(4)25(20-39-28)24-13-7-11-22-10-6-9-21(2)27(22)24/h5-7,9-11,13,23,25H,1,8,12,14-20H2,2-4H3/t23-,25?/m0/s1. The molecule has 0 radical (unpaired) electrons. The summed E-state index contributed by atoms with van der Waals surface area (Å²) in [6.07, 6.45) is 3.66. The molecule has 1 amide bonds. The van der Waals surface area contributed by atoms with E-state index >= 15 is 0 Å². The number of carbonyl (C=O) groups is 1. The summed E-state index contributed by atoms with van der Waals surface area (Å²) in [5.41, 5.74) is 2.46. The van der Waals surface area contributed by atoms with E-state index in [0.717, 1.165) is 24.6 Å². The minimum atomic E-state index is -0.0433. The Bertz CT molecular complexity index is 1410. The molecule has 0 saturated carbocycles. The zero-order chi connectivity index (χ0) is 27.8. The van der Waals surface area contributed by atoms with Gasteiger partial charge in [-0.3, -0.25) is 4.79 Å². The van der Waals surface area contributed by atoms with Crippen LogP contribution in [0.5, 0.6) is 11.8 Å². The number of rotatable bonds is 6. The SMILES string of the molecule is C=CC(=O)N1CCN(c2nc(OC[C@@H]3CCCN3C)nc3c2OCC(c2cccc4cccc(C)c24)N3C)CC1. The molecule has 0 aliphatic carbocycles. The normalized spacial score (nSPS) is 21.3. The molecule has 3 aliphatic rings. The zero-order valence-corrected chi connectivity index (χ0v) is 23.7. The average molecular weight is 543 g/mol. The first-order valence-electron chi connectivity index (χ1n) is 14.2. The van der Waals surface area contributed by atoms with E-state index < -0.39 is 0 Å². The maximum Gasteiger partial charge on any atom is 0.320 e. The molecule has 6 rings (SSSR count). The average Bonchev–Trinajstić information content (AvgIpc) is 3.40. The van der Waals surface area contributed by atoms with Crippen molar-refractivity contribution in [1.29, 1.82) is 0 Å². The van der Waals surface area contributed by atoms with Gasteiger partial charge in [0.2, 0.25) is 11.7 Å². The van der Waals surface area contributed by atoms with Gasteiger partial charge in [-0.2, -0.15) is 9.97 Å². The lowest BCUT2D eigenvalue weighted by Crippen LogP contribution is -2.49. The lowest BCUT2D eigenvalue weighted by atomic mass is 9.94. The van der Waals surface area contributed by atoms with Crippen LogP contribution in [0.2, 0.25) is 0 Å². The van der Waals surface area contributed by atoms with E-state index in [4.69, 9.17) is 19.4 Å². The van der Waals surface area contributed by atoms with Gasteiger partial charge in [-0.05, 0) is 61.3 Å². The number of amides is 1. The lowest BCUT2D eigenvalue weighted by Gasteiger charge is -2.39. The van der Waals surface area contributed by atoms with Crippen LogP contribution in [0.25, 0.3) is 10.8 Å². The number of hydrogen-bond acceptors (Lipinski definition) is 8. The van der Waals surface area contributed by atoms with Crippen LogP contribution in [-0.2, 0) is 4.79 Å². The van der Waals surface area contributed by atoms with Crippen molar-refractivity contribution in [3.05, 3.63) is 60.2 Å². The summed E-state index contributed by atoms with van der Waals surface area (Å²) in [6.45, 7) is 10.4. The van der Waals surface area contributed by atoms with Gasteiger partial charge in [0.05, 0.1) is 6.04 Å². The van der Waals surface area contributed by atoms with Gasteiger partial charge < -0.3 is 29.1 Å². The fourth-order valence-electron chi connectivity index (χ4n) is 6.24. The molecule has 2 aromatic carbocycles. The fraction of sp³-hybridized carbons (Fsp3) is 0.452. The summed E-state index contributed by atoms with van der Waals surface area (Å²) in [4.78, 5) is 30.5. The smallest absolute Gasteiger partial charge is 0.320 e. The van der Waals surface area contributed by atoms with Crippen molar-refractivity contribution >= 4 is 28.3 Å². The van der Waals surface area contributed by atoms with Crippen LogP contribution in [0.15, 0.2) is 49.1 Å². The van der Waals surface area contributed by atoms with Gasteiger partial charge in [0.25, 0.3) is 0 Å². The largest absolute Gasteiger partial charge is 0.484 e. The Morgan fingerprint density at radius 2 is 1.82 bits per heavy atom. The van der Waals surface area contributed by atoms with Crippen LogP contribution in [0.3, 0.4) is 0 Å². The minimum Gasteiger partial charge on any atom is -0.484 e. The number of aromatic nitrogens is 2. The number of piperazine rings is 1. The van der Waals surface area contributed by atoms with Gasteiger partial charge in [-0.15, -0.1) is 0 Å². The molecule has 40 heavy (non-hydrogen) atoms. The number of anilines is 2. The van der Waals surface area contributed by atoms with Crippen molar-refractivity contribution in [3.63, 3.8) is 0 Å². The van der Waals surface area contributed by atoms with Crippen LogP contribution < -0.4 is 19.3 Å². The van der Waals surface area contributed by atoms with Crippen molar-refractivity contribution in [3.8, 4) is 11.8 Å². The first kappa shape index (κ1) is 26.4. The van der Waals surface area contributed by atoms with Crippen LogP contribution in [0.4, 0.5) is 11.6 Å². The second-order valence-electron chi connectivity index (χ2n) is 11.0. The van der Waals surface area contributed by atoms with Gasteiger partial charge in [0.1, 0.15) is 13.2 Å². The maximum absolute atomic E-state index is 12.2. The van der Waals surface area contributed by atoms with Crippen molar-refractivity contribution in [1.82, 2.24) is 19.8 Å². The predicted molar refractivity (Wildman–Crippen MR) is 157 cm³/mol. The van der Waals surface area contributed by atoms with Crippen molar-refractivity contribution in [2.24, 2.45) is 0 Å². The third-order valence-electron chi connectivity index (χ3n) is 8.64. The molecule has 2 fully saturated rings. The summed E-state index contributed by atoms with van der Waals surface area (Å²) in [5, 5.41) is 2.48. The van der Waals surface area contributed by atoms with Crippen LogP contribution in [-0.4, -0.2) is 91.7 Å². The van der Waals surface area contributed by atoms with Crippen molar-refractivity contribution in [2.45, 2.75) is 31.8 Å². The summed E-state index contributed by atoms with van der Waals surface area (Å²) in [6, 6.07) is 13.6. The van der Waals surface area contributed by atoms with Gasteiger partial charge in [-0.25, -0.2) is 0 Å². The highest BCUT2D eigenvalue weighted by Crippen LogP contribution is 2.45. The van der Waals surface area contributed by atoms with Crippen LogP contribution in [0, 0.1) is 6.92 Å². The number of fused-ring (bicyclic) bond motifs is 2. The van der Waals surface area contributed by atoms with E-state index in [2.05, 4.69) is 78.7 Å². The van der Waals surface area contributed by atoms with Gasteiger partial charge in [0.15, 0.2) is 11.6 Å². The molecule has 0 bridgehead atoms. The molecule has 2 atom stereocenters. The highest BCUT2D eigenvalue weighted by molar-refractivity contribution is 5.90. The number of hydrogen-bond donors (Lipinski definition) is 0. The monoisotopic (exact) mass is 542 g/mol. The Hall–Kier alpha value is -3.85. The van der Waals surface area contributed by atoms with E-state index in [0.29, 0.717) is 57.2 Å². The Kier molecular flexibility index (Phi) is 7.23. The highest BCUT2D eigenvalue weighted by Gasteiger charge is 2.35. The molecular formula is C31H38N6O3. The van der Waals surface area contributed by atoms with E-state index in [1.165, 1.54) is 34.4 Å². The molecule has 210 valence electrons. The number of likely N-dealkylation sites (N-methyl/N-ethyl adjacent to an activating group) is 2. The molecule has 3 aliphatic heterocycles. The first-order valence-corrected chi connectivity index (χ1v) is 14.2. The summed E-state index contributed by atoms with van der Waals surface area (Å²) >= 11 is 0. The maximum atomic E-state index is 12.2. The minimum absolute atomic E-state index is 0.0177. The Labute approximate surface area is 236 Å². The Balaban J connectivity index is 1.35. The topological polar surface area (TPSA) is 74.3 Å². The number of likely N-dealkylation sites (tertiary alicyclic amines) is 1. The number of aryl methyl sites for hydroxylation is 1. The second kappa shape index (κ2) is 11.0. The Morgan fingerprint density at radius 1 is 1.07 bits per heavy atom. The van der Waals surface area contributed by atoms with E-state index in [1.807, 2.05) is 4.90 Å². The van der Waals surface area contributed by atoms with Crippen LogP contribution >= 0.6 is 0 Å². The summed E-state index contributed by atoms with van der Waals surface area (Å²) in [5.74, 6) is 2.08. The fourth-order valence-corrected chi connectivity index (χ4v) is 6.24. The van der Waals surface area contributed by atoms with E-state index in [1.54, 1.807) is 0 Å². The highest BCUT2D eigenvalue weighted by atomic mass is 16.5. The number of carbonyl (C=O) groups excluding carboxylic acids is 1. The van der Waals surface area contributed by atoms with Crippen molar-refractivity contribution < 1.29 is 14.3 Å². The second-order valence-corrected chi connectivity index (χ2v) is 11.0. The lowest BCUT2D eigenvalue weighted by molar-refractivity contribution is -0.126. The molecule has 1 unspecified atom stereocenters. The zero-order valence-electron chi connectivity index (χ0n) is 23.7. The number of benzene rings is 2. The first-order chi connectivity index (χ1) is 19.4. The van der Waals surface area contributed by atoms with E-state index in [-0.39, 0.29) is 11.9 Å². The van der Waals surface area contributed by atoms with E-state index in [9.17, 15) is 4.79 Å². The number of nitrogens with zero attached hydrogens (tertiary/aromatic N) is 6. The van der Waals surface area contributed by atoms with Gasteiger partial charge in [0, 0.05) is 39.3 Å².